The molecule has 8 aliphatic rings. The Morgan fingerprint density at radius 2 is 0.851 bits per heavy atom. The first-order valence-electron chi connectivity index (χ1n) is 31.8. The third-order valence-electron chi connectivity index (χ3n) is 22.9. The van der Waals surface area contributed by atoms with Gasteiger partial charge in [0.1, 0.15) is 11.5 Å². The van der Waals surface area contributed by atoms with Gasteiger partial charge in [-0.25, -0.2) is 0 Å². The highest BCUT2D eigenvalue weighted by molar-refractivity contribution is 7.33. The van der Waals surface area contributed by atoms with Crippen molar-refractivity contribution in [2.24, 2.45) is 0 Å². The fourth-order valence-electron chi connectivity index (χ4n) is 18.6. The number of thiophene rings is 1. The molecule has 19 rings (SSSR count). The summed E-state index contributed by atoms with van der Waals surface area (Å²) in [4.78, 5) is 13.3. The highest BCUT2D eigenvalue weighted by Crippen LogP contribution is 2.64. The zero-order valence-corrected chi connectivity index (χ0v) is 50.5. The number of hydrogen-bond donors (Lipinski definition) is 0. The molecule has 4 atom stereocenters. The Labute approximate surface area is 515 Å². The molecule has 0 N–H and O–H groups in total. The number of anilines is 13. The third kappa shape index (κ3) is 6.48. The minimum absolute atomic E-state index is 0.0150. The first-order valence-corrected chi connectivity index (χ1v) is 32.6. The lowest BCUT2D eigenvalue weighted by Gasteiger charge is -2.51. The summed E-state index contributed by atoms with van der Waals surface area (Å²) < 4.78 is 10.5. The largest absolute Gasteiger partial charge is 0.458 e. The molecule has 87 heavy (non-hydrogen) atoms. The second kappa shape index (κ2) is 17.9. The van der Waals surface area contributed by atoms with E-state index in [1.54, 1.807) is 0 Å². The van der Waals surface area contributed by atoms with Crippen LogP contribution in [0.3, 0.4) is 0 Å². The summed E-state index contributed by atoms with van der Waals surface area (Å²) in [5.74, 6) is 1.84. The molecule has 0 radical (unpaired) electrons. The zero-order valence-electron chi connectivity index (χ0n) is 49.7. The van der Waals surface area contributed by atoms with Gasteiger partial charge in [-0.15, -0.1) is 11.3 Å². The Morgan fingerprint density at radius 1 is 0.368 bits per heavy atom. The molecule has 2 aliphatic carbocycles. The van der Waals surface area contributed by atoms with E-state index in [0.29, 0.717) is 0 Å². The van der Waals surface area contributed by atoms with E-state index in [9.17, 15) is 0 Å². The van der Waals surface area contributed by atoms with Crippen molar-refractivity contribution in [1.82, 2.24) is 0 Å². The summed E-state index contributed by atoms with van der Waals surface area (Å²) in [5.41, 5.74) is 24.7. The van der Waals surface area contributed by atoms with Crippen molar-refractivity contribution in [1.29, 1.82) is 0 Å². The molecule has 7 heterocycles. The van der Waals surface area contributed by atoms with Crippen LogP contribution in [0.25, 0.3) is 10.1 Å². The van der Waals surface area contributed by atoms with Gasteiger partial charge < -0.3 is 29.2 Å². The number of fused-ring (bicyclic) bond motifs is 16. The Kier molecular flexibility index (Phi) is 10.3. The summed E-state index contributed by atoms with van der Waals surface area (Å²) in [6.07, 6.45) is 9.45. The standard InChI is InChI=1S/C78H65B2N5OS/c1-75-40-22-24-42-77(75,3)84(61-36-18-15-33-56(61)75)53-44-65-71-66(45-53)82(51-28-10-6-11-29-51)64-49-68-60(48-59(64)79(71)58-35-17-20-38-63(58)81(65)50-26-8-5-9-27-50)80-72-67(83(52-30-12-7-13-31-52)73-55-32-14-21-39-70(55)87-74(73)80)46-54(47-69(72)86-68)85-62-37-19-16-34-57(62)76(2)41-23-25-43-78(76,85)4/h5-21,26-39,44-49H,22-25,40-43H2,1-4H3. The fraction of sp³-hybridized carbons (Fsp3) is 0.205. The summed E-state index contributed by atoms with van der Waals surface area (Å²) in [7, 11) is 0. The van der Waals surface area contributed by atoms with Crippen molar-refractivity contribution < 1.29 is 4.74 Å². The van der Waals surface area contributed by atoms with Crippen LogP contribution in [0.2, 0.25) is 0 Å². The molecule has 0 amide bonds. The van der Waals surface area contributed by atoms with Gasteiger partial charge in [0.25, 0.3) is 13.4 Å². The maximum absolute atomic E-state index is 7.90. The predicted molar refractivity (Wildman–Crippen MR) is 367 cm³/mol. The number of benzene rings is 10. The molecule has 2 saturated carbocycles. The van der Waals surface area contributed by atoms with Crippen LogP contribution >= 0.6 is 11.3 Å². The van der Waals surface area contributed by atoms with Gasteiger partial charge in [0.15, 0.2) is 0 Å². The van der Waals surface area contributed by atoms with Crippen LogP contribution in [0, 0.1) is 0 Å². The van der Waals surface area contributed by atoms with Crippen molar-refractivity contribution in [3.63, 3.8) is 0 Å². The summed E-state index contributed by atoms with van der Waals surface area (Å²) in [6.45, 7) is 10.0. The van der Waals surface area contributed by atoms with Crippen LogP contribution in [-0.2, 0) is 10.8 Å². The Balaban J connectivity index is 0.896. The smallest absolute Gasteiger partial charge is 0.268 e. The van der Waals surface area contributed by atoms with Gasteiger partial charge in [-0.1, -0.05) is 173 Å². The molecule has 4 unspecified atom stereocenters. The fourth-order valence-corrected chi connectivity index (χ4v) is 19.9. The maximum Gasteiger partial charge on any atom is 0.268 e. The maximum atomic E-state index is 7.90. The normalized spacial score (nSPS) is 22.9. The second-order valence-electron chi connectivity index (χ2n) is 26.9. The van der Waals surface area contributed by atoms with Gasteiger partial charge >= 0.3 is 0 Å². The molecule has 10 aromatic carbocycles. The molecule has 0 spiro atoms. The number of hydrogen-bond acceptors (Lipinski definition) is 7. The molecule has 9 heteroatoms. The molecule has 2 fully saturated rings. The highest BCUT2D eigenvalue weighted by atomic mass is 32.1. The van der Waals surface area contributed by atoms with Gasteiger partial charge in [0.05, 0.1) is 16.8 Å². The molecule has 0 saturated heterocycles. The van der Waals surface area contributed by atoms with Crippen molar-refractivity contribution in [3.8, 4) is 11.5 Å². The topological polar surface area (TPSA) is 25.4 Å². The highest BCUT2D eigenvalue weighted by Gasteiger charge is 2.60. The summed E-state index contributed by atoms with van der Waals surface area (Å²) in [5, 5.41) is 1.28. The second-order valence-corrected chi connectivity index (χ2v) is 28.0. The lowest BCUT2D eigenvalue weighted by molar-refractivity contribution is 0.195. The van der Waals surface area contributed by atoms with Crippen LogP contribution in [0.15, 0.2) is 224 Å². The molecule has 1 aromatic heterocycles. The van der Waals surface area contributed by atoms with Crippen LogP contribution < -0.4 is 61.3 Å². The number of para-hydroxylation sites is 6. The van der Waals surface area contributed by atoms with Gasteiger partial charge in [-0.2, -0.15) is 0 Å². The van der Waals surface area contributed by atoms with Gasteiger partial charge in [-0.05, 0) is 157 Å². The summed E-state index contributed by atoms with van der Waals surface area (Å²) in [6, 6.07) is 85.7. The van der Waals surface area contributed by atoms with Crippen LogP contribution in [0.1, 0.15) is 90.2 Å². The lowest BCUT2D eigenvalue weighted by Crippen LogP contribution is -2.64. The van der Waals surface area contributed by atoms with E-state index in [0.717, 1.165) is 53.5 Å². The van der Waals surface area contributed by atoms with Crippen LogP contribution in [0.4, 0.5) is 73.9 Å². The Morgan fingerprint density at radius 3 is 1.46 bits per heavy atom. The van der Waals surface area contributed by atoms with E-state index in [1.165, 1.54) is 137 Å². The predicted octanol–water partition coefficient (Wildman–Crippen LogP) is 16.9. The van der Waals surface area contributed by atoms with Crippen LogP contribution in [-0.4, -0.2) is 24.5 Å². The molecule has 0 bridgehead atoms. The van der Waals surface area contributed by atoms with Crippen molar-refractivity contribution in [2.75, 3.05) is 24.5 Å². The van der Waals surface area contributed by atoms with E-state index in [1.807, 2.05) is 11.3 Å². The number of nitrogens with zero attached hydrogens (tertiary/aromatic N) is 5. The first-order chi connectivity index (χ1) is 42.6. The monoisotopic (exact) mass is 1140 g/mol. The van der Waals surface area contributed by atoms with Gasteiger partial charge in [0.2, 0.25) is 0 Å². The van der Waals surface area contributed by atoms with Gasteiger partial charge in [0, 0.05) is 106 Å². The van der Waals surface area contributed by atoms with E-state index in [-0.39, 0.29) is 35.3 Å². The molecule has 11 aromatic rings. The quantitative estimate of drug-likeness (QED) is 0.159. The molecule has 6 aliphatic heterocycles. The van der Waals surface area contributed by atoms with E-state index in [4.69, 9.17) is 4.74 Å². The first kappa shape index (κ1) is 50.3. The Bertz CT molecular complexity index is 4720. The SMILES string of the molecule is CC12CCCCC1(C)N(c1cc3c4c(c1)N(c1ccccc1)c1c(sc5ccccc15)B4c1cc4c(cc1O3)N(c1ccccc1)c1cc(N3c5ccccc5C5(C)CCCCC35C)cc3c1B4c1ccccc1N3c1ccccc1)c1ccccc12. The Hall–Kier alpha value is -8.91. The van der Waals surface area contributed by atoms with Crippen molar-refractivity contribution in [2.45, 2.75) is 101 Å². The van der Waals surface area contributed by atoms with E-state index < -0.39 is 0 Å². The van der Waals surface area contributed by atoms with Crippen molar-refractivity contribution in [3.05, 3.63) is 236 Å². The molecular formula is C78H65B2N5OS. The molecule has 6 nitrogen and oxygen atoms in total. The molecular weight excluding hydrogens is 1080 g/mol. The van der Waals surface area contributed by atoms with Gasteiger partial charge in [-0.3, -0.25) is 0 Å². The number of rotatable bonds is 5. The van der Waals surface area contributed by atoms with Crippen LogP contribution in [0.5, 0.6) is 11.5 Å². The van der Waals surface area contributed by atoms with E-state index >= 15 is 0 Å². The number of ether oxygens (including phenoxy) is 1. The minimum Gasteiger partial charge on any atom is -0.458 e. The van der Waals surface area contributed by atoms with E-state index in [2.05, 4.69) is 277 Å². The average molecular weight is 1140 g/mol. The third-order valence-corrected chi connectivity index (χ3v) is 24.1. The average Bonchev–Trinajstić information content (AvgIpc) is 1.73. The summed E-state index contributed by atoms with van der Waals surface area (Å²) >= 11 is 1.95. The zero-order chi connectivity index (χ0) is 57.7. The minimum atomic E-state index is -0.148. The molecule has 420 valence electrons. The lowest BCUT2D eigenvalue weighted by atomic mass is 9.31. The van der Waals surface area contributed by atoms with Crippen molar-refractivity contribution >= 4 is 141 Å².